The number of carbonyl (C=O) groups is 2. The van der Waals surface area contributed by atoms with Gasteiger partial charge >= 0.3 is 5.97 Å². The molecule has 1 aromatic rings. The van der Waals surface area contributed by atoms with E-state index in [4.69, 9.17) is 10.00 Å². The number of carbonyl (C=O) groups excluding carboxylic acids is 2. The SMILES string of the molecule is N#CCCNC(=O)COC(=O)c1cc(F)ccc1Br. The summed E-state index contributed by atoms with van der Waals surface area (Å²) < 4.78 is 18.1. The maximum absolute atomic E-state index is 13.0. The van der Waals surface area contributed by atoms with E-state index in [1.165, 1.54) is 12.1 Å². The van der Waals surface area contributed by atoms with Crippen molar-refractivity contribution in [3.05, 3.63) is 34.1 Å². The molecule has 0 saturated heterocycles. The lowest BCUT2D eigenvalue weighted by Crippen LogP contribution is -2.29. The number of halogens is 2. The minimum absolute atomic E-state index is 0.00447. The second-order valence-electron chi connectivity index (χ2n) is 3.46. The molecule has 0 aliphatic heterocycles. The fourth-order valence-electron chi connectivity index (χ4n) is 1.17. The van der Waals surface area contributed by atoms with Crippen molar-refractivity contribution in [1.82, 2.24) is 5.32 Å². The summed E-state index contributed by atoms with van der Waals surface area (Å²) in [5, 5.41) is 10.7. The zero-order chi connectivity index (χ0) is 14.3. The smallest absolute Gasteiger partial charge is 0.339 e. The molecule has 0 heterocycles. The predicted molar refractivity (Wildman–Crippen MR) is 67.6 cm³/mol. The van der Waals surface area contributed by atoms with Crippen molar-refractivity contribution in [1.29, 1.82) is 5.26 Å². The van der Waals surface area contributed by atoms with E-state index in [0.717, 1.165) is 6.07 Å². The Morgan fingerprint density at radius 3 is 2.89 bits per heavy atom. The molecule has 0 aliphatic carbocycles. The van der Waals surface area contributed by atoms with Crippen molar-refractivity contribution in [2.75, 3.05) is 13.2 Å². The fraction of sp³-hybridized carbons (Fsp3) is 0.250. The number of nitrogens with zero attached hydrogens (tertiary/aromatic N) is 1. The van der Waals surface area contributed by atoms with Gasteiger partial charge in [0.1, 0.15) is 5.82 Å². The summed E-state index contributed by atoms with van der Waals surface area (Å²) in [5.41, 5.74) is 0.00447. The Morgan fingerprint density at radius 1 is 1.47 bits per heavy atom. The summed E-state index contributed by atoms with van der Waals surface area (Å²) in [6.45, 7) is -0.288. The molecular formula is C12H10BrFN2O3. The van der Waals surface area contributed by atoms with Gasteiger partial charge in [0.25, 0.3) is 5.91 Å². The van der Waals surface area contributed by atoms with Crippen molar-refractivity contribution < 1.29 is 18.7 Å². The van der Waals surface area contributed by atoms with Crippen molar-refractivity contribution in [3.8, 4) is 6.07 Å². The molecule has 0 spiro atoms. The van der Waals surface area contributed by atoms with Crippen LogP contribution in [0.2, 0.25) is 0 Å². The molecule has 19 heavy (non-hydrogen) atoms. The summed E-state index contributed by atoms with van der Waals surface area (Å²) in [6, 6.07) is 5.43. The van der Waals surface area contributed by atoms with E-state index in [9.17, 15) is 14.0 Å². The maximum Gasteiger partial charge on any atom is 0.339 e. The Labute approximate surface area is 117 Å². The van der Waals surface area contributed by atoms with Crippen molar-refractivity contribution in [2.24, 2.45) is 0 Å². The molecular weight excluding hydrogens is 319 g/mol. The lowest BCUT2D eigenvalue weighted by molar-refractivity contribution is -0.124. The topological polar surface area (TPSA) is 79.2 Å². The van der Waals surface area contributed by atoms with Gasteiger partial charge in [-0.15, -0.1) is 0 Å². The first kappa shape index (κ1) is 15.1. The van der Waals surface area contributed by atoms with Crippen LogP contribution in [0.3, 0.4) is 0 Å². The van der Waals surface area contributed by atoms with Gasteiger partial charge in [0.05, 0.1) is 18.1 Å². The second-order valence-corrected chi connectivity index (χ2v) is 4.31. The molecule has 0 aromatic heterocycles. The third-order valence-electron chi connectivity index (χ3n) is 2.04. The highest BCUT2D eigenvalue weighted by Gasteiger charge is 2.14. The van der Waals surface area contributed by atoms with Crippen LogP contribution in [-0.2, 0) is 9.53 Å². The van der Waals surface area contributed by atoms with Crippen LogP contribution in [0.4, 0.5) is 4.39 Å². The van der Waals surface area contributed by atoms with Crippen molar-refractivity contribution >= 4 is 27.8 Å². The molecule has 7 heteroatoms. The zero-order valence-electron chi connectivity index (χ0n) is 9.78. The first-order valence-corrected chi connectivity index (χ1v) is 6.09. The molecule has 1 rings (SSSR count). The number of nitriles is 1. The highest BCUT2D eigenvalue weighted by Crippen LogP contribution is 2.18. The van der Waals surface area contributed by atoms with E-state index in [-0.39, 0.29) is 18.5 Å². The number of hydrogen-bond donors (Lipinski definition) is 1. The summed E-state index contributed by atoms with van der Waals surface area (Å²) >= 11 is 3.09. The number of amides is 1. The van der Waals surface area contributed by atoms with Gasteiger partial charge in [-0.05, 0) is 34.1 Å². The van der Waals surface area contributed by atoms with E-state index in [2.05, 4.69) is 21.2 Å². The van der Waals surface area contributed by atoms with E-state index >= 15 is 0 Å². The quantitative estimate of drug-likeness (QED) is 0.660. The highest BCUT2D eigenvalue weighted by atomic mass is 79.9. The van der Waals surface area contributed by atoms with Gasteiger partial charge in [0.2, 0.25) is 0 Å². The number of ether oxygens (including phenoxy) is 1. The molecule has 0 aliphatic rings. The van der Waals surface area contributed by atoms with E-state index < -0.39 is 24.3 Å². The average molecular weight is 329 g/mol. The van der Waals surface area contributed by atoms with Crippen molar-refractivity contribution in [2.45, 2.75) is 6.42 Å². The van der Waals surface area contributed by atoms with E-state index in [1.807, 2.05) is 6.07 Å². The largest absolute Gasteiger partial charge is 0.452 e. The molecule has 1 N–H and O–H groups in total. The van der Waals surface area contributed by atoms with E-state index in [1.54, 1.807) is 0 Å². The molecule has 0 bridgehead atoms. The predicted octanol–water partition coefficient (Wildman–Crippen LogP) is 1.77. The molecule has 0 atom stereocenters. The highest BCUT2D eigenvalue weighted by molar-refractivity contribution is 9.10. The molecule has 5 nitrogen and oxygen atoms in total. The van der Waals surface area contributed by atoms with Crippen LogP contribution in [0.5, 0.6) is 0 Å². The van der Waals surface area contributed by atoms with Crippen LogP contribution in [0.15, 0.2) is 22.7 Å². The average Bonchev–Trinajstić information content (AvgIpc) is 2.39. The molecule has 0 fully saturated rings. The second kappa shape index (κ2) is 7.48. The van der Waals surface area contributed by atoms with Gasteiger partial charge in [0, 0.05) is 11.0 Å². The van der Waals surface area contributed by atoms with Gasteiger partial charge in [-0.3, -0.25) is 4.79 Å². The minimum Gasteiger partial charge on any atom is -0.452 e. The third-order valence-corrected chi connectivity index (χ3v) is 2.73. The first-order chi connectivity index (χ1) is 9.04. The van der Waals surface area contributed by atoms with Crippen LogP contribution >= 0.6 is 15.9 Å². The van der Waals surface area contributed by atoms with Crippen LogP contribution in [0.25, 0.3) is 0 Å². The Balaban J connectivity index is 2.49. The fourth-order valence-corrected chi connectivity index (χ4v) is 1.58. The minimum atomic E-state index is -0.804. The lowest BCUT2D eigenvalue weighted by atomic mass is 10.2. The normalized spacial score (nSPS) is 9.53. The molecule has 0 radical (unpaired) electrons. The summed E-state index contributed by atoms with van der Waals surface area (Å²) in [4.78, 5) is 22.8. The first-order valence-electron chi connectivity index (χ1n) is 5.30. The lowest BCUT2D eigenvalue weighted by Gasteiger charge is -2.06. The van der Waals surface area contributed by atoms with Crippen LogP contribution < -0.4 is 5.32 Å². The monoisotopic (exact) mass is 328 g/mol. The van der Waals surface area contributed by atoms with Crippen LogP contribution in [-0.4, -0.2) is 25.0 Å². The number of esters is 1. The number of nitrogens with one attached hydrogen (secondary N) is 1. The molecule has 100 valence electrons. The Hall–Kier alpha value is -1.94. The summed E-state index contributed by atoms with van der Waals surface area (Å²) in [7, 11) is 0. The Morgan fingerprint density at radius 2 is 2.21 bits per heavy atom. The summed E-state index contributed by atoms with van der Waals surface area (Å²) in [6.07, 6.45) is 0.176. The Kier molecular flexibility index (Phi) is 5.96. The molecule has 1 aromatic carbocycles. The van der Waals surface area contributed by atoms with Crippen molar-refractivity contribution in [3.63, 3.8) is 0 Å². The zero-order valence-corrected chi connectivity index (χ0v) is 11.4. The number of rotatable bonds is 5. The maximum atomic E-state index is 13.0. The number of benzene rings is 1. The van der Waals surface area contributed by atoms with E-state index in [0.29, 0.717) is 4.47 Å². The van der Waals surface area contributed by atoms with Crippen LogP contribution in [0, 0.1) is 17.1 Å². The molecule has 0 unspecified atom stereocenters. The van der Waals surface area contributed by atoms with Crippen LogP contribution in [0.1, 0.15) is 16.8 Å². The standard InChI is InChI=1S/C12H10BrFN2O3/c13-10-3-2-8(14)6-9(10)12(18)19-7-11(17)16-5-1-4-15/h2-3,6H,1,5,7H2,(H,16,17). The van der Waals surface area contributed by atoms with Gasteiger partial charge in [-0.1, -0.05) is 0 Å². The summed E-state index contributed by atoms with van der Waals surface area (Å²) in [5.74, 6) is -1.90. The van der Waals surface area contributed by atoms with Gasteiger partial charge in [0.15, 0.2) is 6.61 Å². The molecule has 1 amide bonds. The third kappa shape index (κ3) is 5.06. The Bertz CT molecular complexity index is 528. The molecule has 0 saturated carbocycles. The number of hydrogen-bond acceptors (Lipinski definition) is 4. The van der Waals surface area contributed by atoms with Gasteiger partial charge < -0.3 is 10.1 Å². The van der Waals surface area contributed by atoms with Gasteiger partial charge in [-0.25, -0.2) is 9.18 Å². The van der Waals surface area contributed by atoms with Gasteiger partial charge in [-0.2, -0.15) is 5.26 Å².